The van der Waals surface area contributed by atoms with Gasteiger partial charge in [-0.1, -0.05) is 12.8 Å². The summed E-state index contributed by atoms with van der Waals surface area (Å²) in [5.74, 6) is 0.206. The van der Waals surface area contributed by atoms with Gasteiger partial charge in [0.05, 0.1) is 12.2 Å². The molecular weight excluding hydrogens is 247 g/mol. The summed E-state index contributed by atoms with van der Waals surface area (Å²) in [7, 11) is 0. The number of urea groups is 1. The van der Waals surface area contributed by atoms with E-state index in [1.54, 1.807) is 11.0 Å². The number of nitrogens with one attached hydrogen (secondary N) is 1. The Kier molecular flexibility index (Phi) is 3.27. The monoisotopic (exact) mass is 264 g/mol. The Labute approximate surface area is 111 Å². The summed E-state index contributed by atoms with van der Waals surface area (Å²) in [6.07, 6.45) is 4.40. The van der Waals surface area contributed by atoms with Crippen molar-refractivity contribution in [3.63, 3.8) is 0 Å². The lowest BCUT2D eigenvalue weighted by molar-refractivity contribution is 0.236. The molecule has 0 unspecified atom stereocenters. The largest absolute Gasteiger partial charge is 0.490 e. The molecule has 102 valence electrons. The van der Waals surface area contributed by atoms with Crippen LogP contribution in [0.25, 0.3) is 0 Å². The number of halogens is 1. The molecule has 5 heteroatoms. The fraction of sp³-hybridized carbons (Fsp3) is 0.500. The highest BCUT2D eigenvalue weighted by Crippen LogP contribution is 2.32. The third-order valence-electron chi connectivity index (χ3n) is 3.71. The van der Waals surface area contributed by atoms with E-state index in [1.165, 1.54) is 25.0 Å². The quantitative estimate of drug-likeness (QED) is 0.847. The number of hydrogen-bond donors (Lipinski definition) is 1. The minimum absolute atomic E-state index is 0.151. The lowest BCUT2D eigenvalue weighted by Crippen LogP contribution is -2.47. The zero-order chi connectivity index (χ0) is 13.2. The van der Waals surface area contributed by atoms with Crippen molar-refractivity contribution < 1.29 is 13.9 Å². The maximum atomic E-state index is 13.3. The second kappa shape index (κ2) is 5.07. The van der Waals surface area contributed by atoms with Crippen molar-refractivity contribution in [3.8, 4) is 5.75 Å². The highest BCUT2D eigenvalue weighted by atomic mass is 19.1. The van der Waals surface area contributed by atoms with Gasteiger partial charge in [-0.15, -0.1) is 0 Å². The maximum Gasteiger partial charge on any atom is 0.322 e. The third-order valence-corrected chi connectivity index (χ3v) is 3.71. The van der Waals surface area contributed by atoms with Gasteiger partial charge in [0, 0.05) is 12.1 Å². The van der Waals surface area contributed by atoms with E-state index in [4.69, 9.17) is 4.74 Å². The highest BCUT2D eigenvalue weighted by molar-refractivity contribution is 5.94. The van der Waals surface area contributed by atoms with Crippen LogP contribution in [0.15, 0.2) is 18.2 Å². The minimum Gasteiger partial charge on any atom is -0.490 e. The molecule has 19 heavy (non-hydrogen) atoms. The fourth-order valence-corrected chi connectivity index (χ4v) is 2.72. The first-order chi connectivity index (χ1) is 9.24. The Hall–Kier alpha value is -1.78. The molecule has 1 fully saturated rings. The molecular formula is C14H17FN2O2. The number of amides is 2. The van der Waals surface area contributed by atoms with Crippen molar-refractivity contribution in [3.05, 3.63) is 24.0 Å². The molecule has 1 saturated carbocycles. The van der Waals surface area contributed by atoms with E-state index in [2.05, 4.69) is 5.32 Å². The third kappa shape index (κ3) is 2.50. The van der Waals surface area contributed by atoms with Crippen LogP contribution in [0.2, 0.25) is 0 Å². The van der Waals surface area contributed by atoms with E-state index in [0.717, 1.165) is 12.8 Å². The van der Waals surface area contributed by atoms with Gasteiger partial charge in [-0.05, 0) is 25.0 Å². The molecule has 4 nitrogen and oxygen atoms in total. The summed E-state index contributed by atoms with van der Waals surface area (Å²) < 4.78 is 18.8. The summed E-state index contributed by atoms with van der Waals surface area (Å²) in [4.78, 5) is 13.8. The average molecular weight is 264 g/mol. The first-order valence-corrected chi connectivity index (χ1v) is 6.74. The number of benzene rings is 1. The SMILES string of the molecule is O=C(NC1CCCC1)N1CCOc2ccc(F)cc21. The fourth-order valence-electron chi connectivity index (χ4n) is 2.72. The summed E-state index contributed by atoms with van der Waals surface area (Å²) in [5.41, 5.74) is 0.516. The van der Waals surface area contributed by atoms with Crippen LogP contribution < -0.4 is 15.0 Å². The number of rotatable bonds is 1. The van der Waals surface area contributed by atoms with E-state index >= 15 is 0 Å². The van der Waals surface area contributed by atoms with Crippen LogP contribution in [0.1, 0.15) is 25.7 Å². The highest BCUT2D eigenvalue weighted by Gasteiger charge is 2.26. The van der Waals surface area contributed by atoms with Crippen LogP contribution in [0, 0.1) is 5.82 Å². The normalized spacial score (nSPS) is 18.9. The number of carbonyl (C=O) groups is 1. The molecule has 2 aliphatic rings. The van der Waals surface area contributed by atoms with E-state index in [-0.39, 0.29) is 17.9 Å². The number of ether oxygens (including phenoxy) is 1. The van der Waals surface area contributed by atoms with Gasteiger partial charge in [-0.25, -0.2) is 9.18 Å². The van der Waals surface area contributed by atoms with Gasteiger partial charge in [0.2, 0.25) is 0 Å². The predicted molar refractivity (Wildman–Crippen MR) is 70.0 cm³/mol. The van der Waals surface area contributed by atoms with E-state index < -0.39 is 0 Å². The van der Waals surface area contributed by atoms with Crippen LogP contribution in [0.3, 0.4) is 0 Å². The molecule has 2 amide bonds. The van der Waals surface area contributed by atoms with Gasteiger partial charge in [0.1, 0.15) is 18.2 Å². The Morgan fingerprint density at radius 1 is 1.37 bits per heavy atom. The Bertz CT molecular complexity index is 486. The van der Waals surface area contributed by atoms with Crippen molar-refractivity contribution in [1.82, 2.24) is 5.32 Å². The molecule has 0 bridgehead atoms. The molecule has 0 saturated heterocycles. The van der Waals surface area contributed by atoms with Crippen molar-refractivity contribution in [1.29, 1.82) is 0 Å². The van der Waals surface area contributed by atoms with Crippen LogP contribution in [-0.2, 0) is 0 Å². The Balaban J connectivity index is 1.78. The summed E-state index contributed by atoms with van der Waals surface area (Å²) in [5, 5.41) is 3.02. The molecule has 1 aliphatic carbocycles. The van der Waals surface area contributed by atoms with Gasteiger partial charge < -0.3 is 10.1 Å². The second-order valence-electron chi connectivity index (χ2n) is 5.04. The molecule has 0 aromatic heterocycles. The number of nitrogens with zero attached hydrogens (tertiary/aromatic N) is 1. The molecule has 0 spiro atoms. The molecule has 1 N–H and O–H groups in total. The van der Waals surface area contributed by atoms with Crippen LogP contribution >= 0.6 is 0 Å². The zero-order valence-electron chi connectivity index (χ0n) is 10.7. The molecule has 3 rings (SSSR count). The van der Waals surface area contributed by atoms with Crippen molar-refractivity contribution in [2.75, 3.05) is 18.1 Å². The van der Waals surface area contributed by atoms with E-state index in [1.807, 2.05) is 0 Å². The molecule has 0 atom stereocenters. The number of carbonyl (C=O) groups excluding carboxylic acids is 1. The Morgan fingerprint density at radius 2 is 2.16 bits per heavy atom. The standard InChI is InChI=1S/C14H17FN2O2/c15-10-5-6-13-12(9-10)17(7-8-19-13)14(18)16-11-3-1-2-4-11/h5-6,9,11H,1-4,7-8H2,(H,16,18). The molecule has 1 aliphatic heterocycles. The van der Waals surface area contributed by atoms with E-state index in [0.29, 0.717) is 24.6 Å². The topological polar surface area (TPSA) is 41.6 Å². The average Bonchev–Trinajstić information content (AvgIpc) is 2.90. The van der Waals surface area contributed by atoms with Crippen LogP contribution in [-0.4, -0.2) is 25.2 Å². The lowest BCUT2D eigenvalue weighted by Gasteiger charge is -2.30. The smallest absolute Gasteiger partial charge is 0.322 e. The predicted octanol–water partition coefficient (Wildman–Crippen LogP) is 2.68. The minimum atomic E-state index is -0.358. The van der Waals surface area contributed by atoms with Crippen LogP contribution in [0.5, 0.6) is 5.75 Å². The number of hydrogen-bond acceptors (Lipinski definition) is 2. The summed E-state index contributed by atoms with van der Waals surface area (Å²) in [6, 6.07) is 4.37. The van der Waals surface area contributed by atoms with Crippen molar-refractivity contribution in [2.45, 2.75) is 31.7 Å². The van der Waals surface area contributed by atoms with Gasteiger partial charge in [0.15, 0.2) is 0 Å². The zero-order valence-corrected chi connectivity index (χ0v) is 10.7. The Morgan fingerprint density at radius 3 is 2.95 bits per heavy atom. The van der Waals surface area contributed by atoms with Gasteiger partial charge >= 0.3 is 6.03 Å². The van der Waals surface area contributed by atoms with E-state index in [9.17, 15) is 9.18 Å². The first kappa shape index (κ1) is 12.3. The molecule has 0 radical (unpaired) electrons. The van der Waals surface area contributed by atoms with Gasteiger partial charge in [-0.3, -0.25) is 4.90 Å². The first-order valence-electron chi connectivity index (χ1n) is 6.74. The molecule has 1 aromatic carbocycles. The summed E-state index contributed by atoms with van der Waals surface area (Å²) in [6.45, 7) is 0.895. The summed E-state index contributed by atoms with van der Waals surface area (Å²) >= 11 is 0. The van der Waals surface area contributed by atoms with Crippen molar-refractivity contribution >= 4 is 11.7 Å². The van der Waals surface area contributed by atoms with Crippen molar-refractivity contribution in [2.24, 2.45) is 0 Å². The van der Waals surface area contributed by atoms with Gasteiger partial charge in [-0.2, -0.15) is 0 Å². The number of fused-ring (bicyclic) bond motifs is 1. The lowest BCUT2D eigenvalue weighted by atomic mass is 10.2. The molecule has 1 aromatic rings. The second-order valence-corrected chi connectivity index (χ2v) is 5.04. The maximum absolute atomic E-state index is 13.3. The van der Waals surface area contributed by atoms with Crippen LogP contribution in [0.4, 0.5) is 14.9 Å². The number of anilines is 1. The molecule has 1 heterocycles. The van der Waals surface area contributed by atoms with Gasteiger partial charge in [0.25, 0.3) is 0 Å².